The Morgan fingerprint density at radius 2 is 1.83 bits per heavy atom. The fourth-order valence-electron chi connectivity index (χ4n) is 2.71. The zero-order chi connectivity index (χ0) is 16.7. The van der Waals surface area contributed by atoms with Gasteiger partial charge in [0.25, 0.3) is 0 Å². The second-order valence-electron chi connectivity index (χ2n) is 5.96. The molecule has 0 aromatic heterocycles. The number of hydrogen-bond acceptors (Lipinski definition) is 5. The van der Waals surface area contributed by atoms with Crippen molar-refractivity contribution in [2.24, 2.45) is 5.73 Å². The third-order valence-corrected chi connectivity index (χ3v) is 4.22. The monoisotopic (exact) mass is 320 g/mol. The van der Waals surface area contributed by atoms with Crippen LogP contribution < -0.4 is 11.1 Å². The maximum atomic E-state index is 11.8. The lowest BCUT2D eigenvalue weighted by atomic mass is 10.1. The molecule has 6 nitrogen and oxygen atoms in total. The smallest absolute Gasteiger partial charge is 0.243 e. The van der Waals surface area contributed by atoms with E-state index >= 15 is 0 Å². The van der Waals surface area contributed by atoms with Crippen LogP contribution >= 0.6 is 0 Å². The van der Waals surface area contributed by atoms with E-state index in [1.165, 1.54) is 12.7 Å². The maximum absolute atomic E-state index is 11.8. The van der Waals surface area contributed by atoms with Crippen LogP contribution in [0.15, 0.2) is 24.3 Å². The highest BCUT2D eigenvalue weighted by Crippen LogP contribution is 2.13. The topological polar surface area (TPSA) is 70.8 Å². The van der Waals surface area contributed by atoms with Gasteiger partial charge in [0.05, 0.1) is 6.61 Å². The van der Waals surface area contributed by atoms with Gasteiger partial charge in [-0.3, -0.25) is 9.69 Å². The summed E-state index contributed by atoms with van der Waals surface area (Å²) in [7, 11) is 1.53. The lowest BCUT2D eigenvalue weighted by Gasteiger charge is -2.34. The van der Waals surface area contributed by atoms with E-state index in [1.807, 2.05) is 12.1 Å². The van der Waals surface area contributed by atoms with Gasteiger partial charge in [-0.15, -0.1) is 0 Å². The quantitative estimate of drug-likeness (QED) is 0.775. The first kappa shape index (κ1) is 17.9. The minimum absolute atomic E-state index is 0.216. The van der Waals surface area contributed by atoms with Gasteiger partial charge < -0.3 is 20.7 Å². The van der Waals surface area contributed by atoms with Crippen LogP contribution in [-0.2, 0) is 16.1 Å². The summed E-state index contributed by atoms with van der Waals surface area (Å²) in [5.41, 5.74) is 7.73. The minimum atomic E-state index is -0.644. The molecule has 1 aliphatic rings. The molecule has 1 aliphatic heterocycles. The largest absolute Gasteiger partial charge is 0.383 e. The number of amides is 1. The molecule has 3 N–H and O–H groups in total. The van der Waals surface area contributed by atoms with Crippen LogP contribution in [0.4, 0.5) is 5.69 Å². The lowest BCUT2D eigenvalue weighted by Crippen LogP contribution is -2.45. The first-order valence-corrected chi connectivity index (χ1v) is 8.21. The number of likely N-dealkylation sites (N-methyl/N-ethyl adjacent to an activating group) is 1. The highest BCUT2D eigenvalue weighted by atomic mass is 16.5. The van der Waals surface area contributed by atoms with Gasteiger partial charge in [-0.2, -0.15) is 0 Å². The molecule has 1 aromatic carbocycles. The Morgan fingerprint density at radius 1 is 1.22 bits per heavy atom. The van der Waals surface area contributed by atoms with Gasteiger partial charge in [0.15, 0.2) is 0 Å². The molecule has 1 unspecified atom stereocenters. The van der Waals surface area contributed by atoms with E-state index in [4.69, 9.17) is 10.5 Å². The molecule has 1 heterocycles. The van der Waals surface area contributed by atoms with Gasteiger partial charge in [0.1, 0.15) is 6.04 Å². The van der Waals surface area contributed by atoms with Gasteiger partial charge in [0, 0.05) is 45.5 Å². The molecule has 128 valence electrons. The van der Waals surface area contributed by atoms with Crippen molar-refractivity contribution in [1.82, 2.24) is 9.80 Å². The van der Waals surface area contributed by atoms with Crippen molar-refractivity contribution in [1.29, 1.82) is 0 Å². The molecule has 1 saturated heterocycles. The molecule has 1 aromatic rings. The van der Waals surface area contributed by atoms with Crippen LogP contribution in [-0.4, -0.2) is 68.2 Å². The molecule has 1 amide bonds. The molecule has 1 fully saturated rings. The third kappa shape index (κ3) is 5.58. The van der Waals surface area contributed by atoms with Crippen LogP contribution in [0.25, 0.3) is 0 Å². The number of nitrogens with zero attached hydrogens (tertiary/aromatic N) is 2. The lowest BCUT2D eigenvalue weighted by molar-refractivity contribution is -0.118. The van der Waals surface area contributed by atoms with Crippen molar-refractivity contribution < 1.29 is 9.53 Å². The molecule has 0 radical (unpaired) electrons. The number of anilines is 1. The summed E-state index contributed by atoms with van der Waals surface area (Å²) in [6, 6.07) is 7.33. The molecular weight excluding hydrogens is 292 g/mol. The van der Waals surface area contributed by atoms with Crippen molar-refractivity contribution in [2.75, 3.05) is 51.8 Å². The molecule has 0 saturated carbocycles. The normalized spacial score (nSPS) is 17.9. The number of hydrogen-bond donors (Lipinski definition) is 2. The van der Waals surface area contributed by atoms with Crippen LogP contribution in [0.1, 0.15) is 12.5 Å². The molecule has 0 bridgehead atoms. The van der Waals surface area contributed by atoms with Crippen molar-refractivity contribution in [3.8, 4) is 0 Å². The molecule has 6 heteroatoms. The zero-order valence-electron chi connectivity index (χ0n) is 14.1. The van der Waals surface area contributed by atoms with Crippen molar-refractivity contribution in [3.63, 3.8) is 0 Å². The van der Waals surface area contributed by atoms with E-state index in [1.54, 1.807) is 0 Å². The van der Waals surface area contributed by atoms with Gasteiger partial charge in [-0.1, -0.05) is 19.1 Å². The molecular formula is C17H28N4O2. The Bertz CT molecular complexity index is 484. The van der Waals surface area contributed by atoms with E-state index in [-0.39, 0.29) is 12.5 Å². The molecule has 0 aliphatic carbocycles. The van der Waals surface area contributed by atoms with E-state index < -0.39 is 6.04 Å². The molecule has 2 rings (SSSR count). The summed E-state index contributed by atoms with van der Waals surface area (Å²) in [5.74, 6) is -0.227. The van der Waals surface area contributed by atoms with Gasteiger partial charge in [-0.25, -0.2) is 0 Å². The summed E-state index contributed by atoms with van der Waals surface area (Å²) in [6.07, 6.45) is 0. The number of benzene rings is 1. The highest BCUT2D eigenvalue weighted by Gasteiger charge is 2.16. The van der Waals surface area contributed by atoms with Crippen molar-refractivity contribution in [3.05, 3.63) is 29.8 Å². The average molecular weight is 320 g/mol. The number of methoxy groups -OCH3 is 1. The Balaban J connectivity index is 1.81. The summed E-state index contributed by atoms with van der Waals surface area (Å²) in [4.78, 5) is 16.8. The minimum Gasteiger partial charge on any atom is -0.383 e. The summed E-state index contributed by atoms with van der Waals surface area (Å²) in [6.45, 7) is 9.01. The Labute approximate surface area is 138 Å². The number of nitrogens with two attached hydrogens (primary N) is 1. The molecule has 1 atom stereocenters. The Hall–Kier alpha value is -1.47. The van der Waals surface area contributed by atoms with Gasteiger partial charge in [0.2, 0.25) is 5.91 Å². The van der Waals surface area contributed by atoms with Crippen LogP contribution in [0.5, 0.6) is 0 Å². The number of nitrogens with one attached hydrogen (secondary N) is 1. The Morgan fingerprint density at radius 3 is 2.39 bits per heavy atom. The van der Waals surface area contributed by atoms with Gasteiger partial charge in [-0.05, 0) is 24.2 Å². The number of carbonyl (C=O) groups excluding carboxylic acids is 1. The summed E-state index contributed by atoms with van der Waals surface area (Å²) in [5, 5.41) is 2.81. The van der Waals surface area contributed by atoms with E-state index in [0.29, 0.717) is 0 Å². The number of rotatable bonds is 7. The second kappa shape index (κ2) is 8.98. The fraction of sp³-hybridized carbons (Fsp3) is 0.588. The third-order valence-electron chi connectivity index (χ3n) is 4.22. The van der Waals surface area contributed by atoms with Gasteiger partial charge >= 0.3 is 0 Å². The summed E-state index contributed by atoms with van der Waals surface area (Å²) < 4.78 is 4.89. The predicted molar refractivity (Wildman–Crippen MR) is 92.3 cm³/mol. The molecule has 23 heavy (non-hydrogen) atoms. The van der Waals surface area contributed by atoms with Crippen LogP contribution in [0, 0.1) is 0 Å². The first-order valence-electron chi connectivity index (χ1n) is 8.21. The summed E-state index contributed by atoms with van der Waals surface area (Å²) >= 11 is 0. The van der Waals surface area contributed by atoms with Crippen molar-refractivity contribution in [2.45, 2.75) is 19.5 Å². The number of ether oxygens (including phenoxy) is 1. The zero-order valence-corrected chi connectivity index (χ0v) is 14.1. The average Bonchev–Trinajstić information content (AvgIpc) is 2.57. The Kier molecular flexibility index (Phi) is 6.98. The number of piperazine rings is 1. The first-order chi connectivity index (χ1) is 11.1. The van der Waals surface area contributed by atoms with E-state index in [2.05, 4.69) is 34.2 Å². The predicted octanol–water partition coefficient (Wildman–Crippen LogP) is 0.736. The standard InChI is InChI=1S/C17H28N4O2/c1-3-20-8-10-21(11-9-20)12-14-4-6-15(7-5-14)19-17(22)16(18)13-23-2/h4-7,16H,3,8-13,18H2,1-2H3,(H,19,22). The highest BCUT2D eigenvalue weighted by molar-refractivity contribution is 5.94. The SMILES string of the molecule is CCN1CCN(Cc2ccc(NC(=O)C(N)COC)cc2)CC1. The molecule has 0 spiro atoms. The van der Waals surface area contributed by atoms with E-state index in [9.17, 15) is 4.79 Å². The van der Waals surface area contributed by atoms with E-state index in [0.717, 1.165) is 45.0 Å². The maximum Gasteiger partial charge on any atom is 0.243 e. The van der Waals surface area contributed by atoms with Crippen molar-refractivity contribution >= 4 is 11.6 Å². The van der Waals surface area contributed by atoms with Crippen LogP contribution in [0.3, 0.4) is 0 Å². The number of carbonyl (C=O) groups is 1. The second-order valence-corrected chi connectivity index (χ2v) is 5.96. The fourth-order valence-corrected chi connectivity index (χ4v) is 2.71. The van der Waals surface area contributed by atoms with Crippen LogP contribution in [0.2, 0.25) is 0 Å².